The van der Waals surface area contributed by atoms with Crippen LogP contribution >= 0.6 is 0 Å². The predicted molar refractivity (Wildman–Crippen MR) is 122 cm³/mol. The van der Waals surface area contributed by atoms with Crippen LogP contribution in [0.15, 0.2) is 36.4 Å². The Bertz CT molecular complexity index is 886. The van der Waals surface area contributed by atoms with Gasteiger partial charge in [0.2, 0.25) is 0 Å². The Kier molecular flexibility index (Phi) is 9.02. The summed E-state index contributed by atoms with van der Waals surface area (Å²) in [6.07, 6.45) is 4.44. The molecule has 5 nitrogen and oxygen atoms in total. The van der Waals surface area contributed by atoms with E-state index in [1.165, 1.54) is 0 Å². The van der Waals surface area contributed by atoms with E-state index in [9.17, 15) is 24.5 Å². The average molecular weight is 447 g/mol. The number of rotatable bonds is 12. The molecule has 0 spiro atoms. The van der Waals surface area contributed by atoms with Gasteiger partial charge in [0, 0.05) is 24.0 Å². The molecule has 0 amide bonds. The van der Waals surface area contributed by atoms with E-state index in [2.05, 4.69) is 0 Å². The SMILES string of the molecule is O=C(O)CCCCCC[C@@H]1C(CCC(O)c2ccc3ccccc3c2F)[C@H](CO)C[C@@H]1O. The van der Waals surface area contributed by atoms with Crippen LogP contribution in [0.3, 0.4) is 0 Å². The number of unbranched alkanes of at least 4 members (excludes halogenated alkanes) is 3. The normalized spacial score (nSPS) is 24.1. The van der Waals surface area contributed by atoms with E-state index in [-0.39, 0.29) is 36.3 Å². The maximum atomic E-state index is 14.9. The van der Waals surface area contributed by atoms with Crippen LogP contribution in [0.25, 0.3) is 10.8 Å². The zero-order valence-electron chi connectivity index (χ0n) is 18.5. The zero-order chi connectivity index (χ0) is 23.1. The fraction of sp³-hybridized carbons (Fsp3) is 0.577. The Morgan fingerprint density at radius 2 is 1.78 bits per heavy atom. The highest BCUT2D eigenvalue weighted by Gasteiger charge is 2.41. The molecular formula is C26H35FO5. The number of benzene rings is 2. The van der Waals surface area contributed by atoms with Gasteiger partial charge in [-0.1, -0.05) is 55.7 Å². The van der Waals surface area contributed by atoms with Gasteiger partial charge in [0.15, 0.2) is 0 Å². The Hall–Kier alpha value is -2.02. The van der Waals surface area contributed by atoms with E-state index in [4.69, 9.17) is 5.11 Å². The third kappa shape index (κ3) is 6.06. The second kappa shape index (κ2) is 11.7. The highest BCUT2D eigenvalue weighted by molar-refractivity contribution is 5.83. The van der Waals surface area contributed by atoms with Crippen LogP contribution in [-0.4, -0.2) is 39.1 Å². The lowest BCUT2D eigenvalue weighted by atomic mass is 9.81. The summed E-state index contributed by atoms with van der Waals surface area (Å²) in [7, 11) is 0. The largest absolute Gasteiger partial charge is 0.481 e. The molecule has 176 valence electrons. The number of halogens is 1. The van der Waals surface area contributed by atoms with Crippen LogP contribution in [0.1, 0.15) is 69.5 Å². The molecule has 1 fully saturated rings. The van der Waals surface area contributed by atoms with Crippen molar-refractivity contribution in [3.05, 3.63) is 47.8 Å². The number of aliphatic hydroxyl groups excluding tert-OH is 3. The molecule has 1 aliphatic rings. The number of carbonyl (C=O) groups is 1. The summed E-state index contributed by atoms with van der Waals surface area (Å²) in [6.45, 7) is -0.00271. The highest BCUT2D eigenvalue weighted by atomic mass is 19.1. The average Bonchev–Trinajstić information content (AvgIpc) is 3.09. The van der Waals surface area contributed by atoms with E-state index in [1.54, 1.807) is 18.2 Å². The summed E-state index contributed by atoms with van der Waals surface area (Å²) in [4.78, 5) is 10.6. The first-order chi connectivity index (χ1) is 15.4. The standard InChI is InChI=1S/C26H35FO5/c27-26-20-8-6-5-7-17(20)11-12-22(26)23(29)14-13-19-18(16-28)15-24(30)21(19)9-3-1-2-4-10-25(31)32/h5-8,11-12,18-19,21,23-24,28-30H,1-4,9-10,13-16H2,(H,31,32)/t18-,19?,21+,23?,24-/m0/s1. The quantitative estimate of drug-likeness (QED) is 0.350. The molecule has 2 aromatic carbocycles. The lowest BCUT2D eigenvalue weighted by Crippen LogP contribution is -2.22. The lowest BCUT2D eigenvalue weighted by Gasteiger charge is -2.26. The number of hydrogen-bond donors (Lipinski definition) is 4. The maximum absolute atomic E-state index is 14.9. The summed E-state index contributed by atoms with van der Waals surface area (Å²) in [5.41, 5.74) is 0.290. The molecule has 6 heteroatoms. The monoisotopic (exact) mass is 446 g/mol. The number of aliphatic carboxylic acids is 1. The van der Waals surface area contributed by atoms with Gasteiger partial charge in [0.05, 0.1) is 12.2 Å². The van der Waals surface area contributed by atoms with Crippen molar-refractivity contribution in [3.63, 3.8) is 0 Å². The first-order valence-corrected chi connectivity index (χ1v) is 11.8. The molecule has 0 heterocycles. The van der Waals surface area contributed by atoms with Crippen molar-refractivity contribution in [3.8, 4) is 0 Å². The zero-order valence-corrected chi connectivity index (χ0v) is 18.5. The third-order valence-corrected chi connectivity index (χ3v) is 7.13. The van der Waals surface area contributed by atoms with Gasteiger partial charge in [-0.25, -0.2) is 4.39 Å². The first kappa shape index (κ1) is 24.6. The fourth-order valence-corrected chi connectivity index (χ4v) is 5.38. The number of hydrogen-bond acceptors (Lipinski definition) is 4. The van der Waals surface area contributed by atoms with Gasteiger partial charge < -0.3 is 20.4 Å². The predicted octanol–water partition coefficient (Wildman–Crippen LogP) is 4.82. The number of fused-ring (bicyclic) bond motifs is 1. The lowest BCUT2D eigenvalue weighted by molar-refractivity contribution is -0.137. The molecule has 1 saturated carbocycles. The number of carboxylic acids is 1. The number of aliphatic hydroxyl groups is 3. The Labute approximate surface area is 188 Å². The molecule has 2 aromatic rings. The second-order valence-corrected chi connectivity index (χ2v) is 9.20. The summed E-state index contributed by atoms with van der Waals surface area (Å²) >= 11 is 0. The molecule has 5 atom stereocenters. The van der Waals surface area contributed by atoms with Gasteiger partial charge in [0.25, 0.3) is 0 Å². The molecule has 2 unspecified atom stereocenters. The van der Waals surface area contributed by atoms with Gasteiger partial charge >= 0.3 is 5.97 Å². The minimum absolute atomic E-state index is 0.00271. The summed E-state index contributed by atoms with van der Waals surface area (Å²) in [6, 6.07) is 10.6. The number of carboxylic acid groups (broad SMARTS) is 1. The van der Waals surface area contributed by atoms with Gasteiger partial charge in [-0.05, 0) is 55.2 Å². The molecule has 0 aromatic heterocycles. The Balaban J connectivity index is 1.58. The smallest absolute Gasteiger partial charge is 0.303 e. The molecule has 1 aliphatic carbocycles. The van der Waals surface area contributed by atoms with Crippen LogP contribution < -0.4 is 0 Å². The molecule has 4 N–H and O–H groups in total. The highest BCUT2D eigenvalue weighted by Crippen LogP contribution is 2.44. The van der Waals surface area contributed by atoms with Crippen LogP contribution in [0.5, 0.6) is 0 Å². The third-order valence-electron chi connectivity index (χ3n) is 7.13. The van der Waals surface area contributed by atoms with Crippen LogP contribution in [0.2, 0.25) is 0 Å². The first-order valence-electron chi connectivity index (χ1n) is 11.8. The van der Waals surface area contributed by atoms with E-state index in [0.29, 0.717) is 31.1 Å². The molecule has 0 radical (unpaired) electrons. The molecule has 0 aliphatic heterocycles. The maximum Gasteiger partial charge on any atom is 0.303 e. The van der Waals surface area contributed by atoms with Crippen molar-refractivity contribution in [2.24, 2.45) is 17.8 Å². The molecular weight excluding hydrogens is 411 g/mol. The van der Waals surface area contributed by atoms with Gasteiger partial charge in [-0.2, -0.15) is 0 Å². The van der Waals surface area contributed by atoms with Crippen molar-refractivity contribution in [1.82, 2.24) is 0 Å². The van der Waals surface area contributed by atoms with E-state index in [0.717, 1.165) is 31.1 Å². The Morgan fingerprint density at radius 1 is 1.03 bits per heavy atom. The molecule has 3 rings (SSSR count). The molecule has 0 saturated heterocycles. The summed E-state index contributed by atoms with van der Waals surface area (Å²) in [5.74, 6) is -1.06. The van der Waals surface area contributed by atoms with Crippen molar-refractivity contribution in [2.45, 2.75) is 70.0 Å². The fourth-order valence-electron chi connectivity index (χ4n) is 5.38. The van der Waals surface area contributed by atoms with Gasteiger partial charge in [-0.15, -0.1) is 0 Å². The van der Waals surface area contributed by atoms with Crippen LogP contribution in [0.4, 0.5) is 4.39 Å². The Morgan fingerprint density at radius 3 is 2.53 bits per heavy atom. The van der Waals surface area contributed by atoms with E-state index >= 15 is 0 Å². The van der Waals surface area contributed by atoms with Gasteiger partial charge in [0.1, 0.15) is 5.82 Å². The van der Waals surface area contributed by atoms with Crippen molar-refractivity contribution in [2.75, 3.05) is 6.61 Å². The van der Waals surface area contributed by atoms with Gasteiger partial charge in [-0.3, -0.25) is 4.79 Å². The van der Waals surface area contributed by atoms with Crippen LogP contribution in [-0.2, 0) is 4.79 Å². The van der Waals surface area contributed by atoms with Crippen molar-refractivity contribution in [1.29, 1.82) is 0 Å². The molecule has 32 heavy (non-hydrogen) atoms. The summed E-state index contributed by atoms with van der Waals surface area (Å²) in [5, 5.41) is 41.1. The minimum atomic E-state index is -0.937. The molecule has 0 bridgehead atoms. The minimum Gasteiger partial charge on any atom is -0.481 e. The van der Waals surface area contributed by atoms with Crippen molar-refractivity contribution < 1.29 is 29.6 Å². The van der Waals surface area contributed by atoms with Crippen LogP contribution in [0, 0.1) is 23.6 Å². The topological polar surface area (TPSA) is 98.0 Å². The second-order valence-electron chi connectivity index (χ2n) is 9.20. The van der Waals surface area contributed by atoms with Crippen molar-refractivity contribution >= 4 is 16.7 Å². The summed E-state index contributed by atoms with van der Waals surface area (Å²) < 4.78 is 14.9. The van der Waals surface area contributed by atoms with E-state index < -0.39 is 24.0 Å². The van der Waals surface area contributed by atoms with E-state index in [1.807, 2.05) is 18.2 Å².